The summed E-state index contributed by atoms with van der Waals surface area (Å²) in [5, 5.41) is 17.2. The number of hydrogen-bond donors (Lipinski definition) is 1. The van der Waals surface area contributed by atoms with Crippen molar-refractivity contribution in [3.05, 3.63) is 33.7 Å². The number of benzene rings is 1. The van der Waals surface area contributed by atoms with Crippen LogP contribution in [0.5, 0.6) is 0 Å². The van der Waals surface area contributed by atoms with Crippen LogP contribution in [0.3, 0.4) is 0 Å². The Balaban J connectivity index is 2.21. The van der Waals surface area contributed by atoms with Crippen molar-refractivity contribution in [1.29, 1.82) is 0 Å². The number of aromatic nitrogens is 2. The van der Waals surface area contributed by atoms with Gasteiger partial charge in [0.2, 0.25) is 0 Å². The maximum absolute atomic E-state index is 9.50. The van der Waals surface area contributed by atoms with Crippen molar-refractivity contribution in [2.75, 3.05) is 0 Å². The molecule has 1 aromatic carbocycles. The molecular formula is C10H9BrN2OS2. The van der Waals surface area contributed by atoms with Gasteiger partial charge in [0.05, 0.1) is 6.10 Å². The highest BCUT2D eigenvalue weighted by Crippen LogP contribution is 2.33. The summed E-state index contributed by atoms with van der Waals surface area (Å²) in [4.78, 5) is 1.08. The van der Waals surface area contributed by atoms with Gasteiger partial charge in [0, 0.05) is 9.37 Å². The lowest BCUT2D eigenvalue weighted by atomic mass is 10.1. The fourth-order valence-corrected chi connectivity index (χ4v) is 3.57. The lowest BCUT2D eigenvalue weighted by Gasteiger charge is -2.08. The van der Waals surface area contributed by atoms with E-state index in [1.807, 2.05) is 18.2 Å². The Morgan fingerprint density at radius 2 is 2.31 bits per heavy atom. The third-order valence-electron chi connectivity index (χ3n) is 1.97. The smallest absolute Gasteiger partial charge is 0.178 e. The highest BCUT2D eigenvalue weighted by Gasteiger charge is 2.08. The van der Waals surface area contributed by atoms with Gasteiger partial charge in [0.15, 0.2) is 4.34 Å². The molecule has 0 unspecified atom stereocenters. The zero-order chi connectivity index (χ0) is 11.5. The third kappa shape index (κ3) is 2.82. The van der Waals surface area contributed by atoms with E-state index in [4.69, 9.17) is 0 Å². The first-order chi connectivity index (χ1) is 7.66. The first kappa shape index (κ1) is 12.0. The van der Waals surface area contributed by atoms with Gasteiger partial charge in [-0.2, -0.15) is 0 Å². The van der Waals surface area contributed by atoms with Crippen LogP contribution in [0, 0.1) is 0 Å². The Labute approximate surface area is 110 Å². The summed E-state index contributed by atoms with van der Waals surface area (Å²) in [5.41, 5.74) is 2.60. The van der Waals surface area contributed by atoms with Gasteiger partial charge >= 0.3 is 0 Å². The second-order valence-electron chi connectivity index (χ2n) is 3.17. The molecule has 84 valence electrons. The number of nitrogens with zero attached hydrogens (tertiary/aromatic N) is 2. The molecule has 0 spiro atoms. The van der Waals surface area contributed by atoms with E-state index in [9.17, 15) is 5.11 Å². The van der Waals surface area contributed by atoms with E-state index >= 15 is 0 Å². The van der Waals surface area contributed by atoms with Crippen molar-refractivity contribution in [3.8, 4) is 0 Å². The van der Waals surface area contributed by atoms with Gasteiger partial charge in [0.25, 0.3) is 0 Å². The zero-order valence-corrected chi connectivity index (χ0v) is 11.6. The molecule has 0 fully saturated rings. The van der Waals surface area contributed by atoms with Crippen LogP contribution in [0.15, 0.2) is 37.4 Å². The molecular weight excluding hydrogens is 308 g/mol. The lowest BCUT2D eigenvalue weighted by molar-refractivity contribution is 0.198. The van der Waals surface area contributed by atoms with E-state index in [0.29, 0.717) is 0 Å². The van der Waals surface area contributed by atoms with Gasteiger partial charge in [-0.25, -0.2) is 0 Å². The molecule has 0 aliphatic heterocycles. The molecule has 1 aromatic heterocycles. The maximum Gasteiger partial charge on any atom is 0.178 e. The molecule has 6 heteroatoms. The van der Waals surface area contributed by atoms with Crippen molar-refractivity contribution in [2.24, 2.45) is 0 Å². The summed E-state index contributed by atoms with van der Waals surface area (Å²) in [6.07, 6.45) is -0.463. The van der Waals surface area contributed by atoms with Crippen LogP contribution >= 0.6 is 39.0 Å². The van der Waals surface area contributed by atoms with Gasteiger partial charge in [-0.15, -0.1) is 10.2 Å². The van der Waals surface area contributed by atoms with Crippen molar-refractivity contribution in [1.82, 2.24) is 10.2 Å². The number of hydrogen-bond acceptors (Lipinski definition) is 5. The molecule has 1 heterocycles. The highest BCUT2D eigenvalue weighted by molar-refractivity contribution is 9.10. The fourth-order valence-electron chi connectivity index (χ4n) is 1.22. The van der Waals surface area contributed by atoms with Gasteiger partial charge in [0.1, 0.15) is 5.51 Å². The topological polar surface area (TPSA) is 46.0 Å². The molecule has 16 heavy (non-hydrogen) atoms. The molecule has 0 bridgehead atoms. The third-order valence-corrected chi connectivity index (χ3v) is 4.42. The quantitative estimate of drug-likeness (QED) is 0.941. The molecule has 0 saturated carbocycles. The summed E-state index contributed by atoms with van der Waals surface area (Å²) in [7, 11) is 0. The zero-order valence-electron chi connectivity index (χ0n) is 8.42. The molecule has 2 aromatic rings. The van der Waals surface area contributed by atoms with Crippen LogP contribution in [0.4, 0.5) is 0 Å². The molecule has 0 aliphatic rings. The number of aliphatic hydroxyl groups is 1. The predicted octanol–water partition coefficient (Wildman–Crippen LogP) is 3.51. The van der Waals surface area contributed by atoms with E-state index in [1.54, 1.807) is 24.2 Å². The van der Waals surface area contributed by atoms with Crippen molar-refractivity contribution in [2.45, 2.75) is 22.3 Å². The Morgan fingerprint density at radius 3 is 2.88 bits per heavy atom. The number of rotatable bonds is 3. The fraction of sp³-hybridized carbons (Fsp3) is 0.200. The molecule has 3 nitrogen and oxygen atoms in total. The molecule has 1 atom stereocenters. The molecule has 0 radical (unpaired) electrons. The molecule has 0 aliphatic carbocycles. The highest BCUT2D eigenvalue weighted by atomic mass is 79.9. The average Bonchev–Trinajstić information content (AvgIpc) is 2.70. The van der Waals surface area contributed by atoms with E-state index < -0.39 is 6.10 Å². The van der Waals surface area contributed by atoms with E-state index in [1.165, 1.54) is 11.3 Å². The van der Waals surface area contributed by atoms with Crippen LogP contribution in [-0.4, -0.2) is 15.3 Å². The molecule has 0 saturated heterocycles. The standard InChI is InChI=1S/C10H9BrN2OS2/c1-6(14)8-3-2-7(4-9(8)11)16-10-13-12-5-15-10/h2-6,14H,1H3/t6-/m0/s1. The first-order valence-corrected chi connectivity index (χ1v) is 7.07. The molecule has 2 rings (SSSR count). The van der Waals surface area contributed by atoms with Crippen LogP contribution in [0.1, 0.15) is 18.6 Å². The summed E-state index contributed by atoms with van der Waals surface area (Å²) < 4.78 is 1.83. The summed E-state index contributed by atoms with van der Waals surface area (Å²) in [6.45, 7) is 1.75. The second kappa shape index (κ2) is 5.27. The summed E-state index contributed by atoms with van der Waals surface area (Å²) >= 11 is 6.52. The van der Waals surface area contributed by atoms with Crippen molar-refractivity contribution >= 4 is 39.0 Å². The molecule has 1 N–H and O–H groups in total. The van der Waals surface area contributed by atoms with Crippen molar-refractivity contribution in [3.63, 3.8) is 0 Å². The Morgan fingerprint density at radius 1 is 1.50 bits per heavy atom. The first-order valence-electron chi connectivity index (χ1n) is 4.58. The number of halogens is 1. The SMILES string of the molecule is C[C@H](O)c1ccc(Sc2nncs2)cc1Br. The minimum absolute atomic E-state index is 0.463. The Kier molecular flexibility index (Phi) is 3.96. The van der Waals surface area contributed by atoms with E-state index in [2.05, 4.69) is 26.1 Å². The normalized spacial score (nSPS) is 12.7. The predicted molar refractivity (Wildman–Crippen MR) is 68.8 cm³/mol. The van der Waals surface area contributed by atoms with Gasteiger partial charge in [-0.1, -0.05) is 45.1 Å². The average molecular weight is 317 g/mol. The Bertz CT molecular complexity index is 474. The van der Waals surface area contributed by atoms with Crippen LogP contribution < -0.4 is 0 Å². The maximum atomic E-state index is 9.50. The lowest BCUT2D eigenvalue weighted by Crippen LogP contribution is -1.92. The minimum Gasteiger partial charge on any atom is -0.389 e. The summed E-state index contributed by atoms with van der Waals surface area (Å²) in [6, 6.07) is 5.87. The Hall–Kier alpha value is -0.430. The second-order valence-corrected chi connectivity index (χ2v) is 6.17. The minimum atomic E-state index is -0.463. The number of aliphatic hydroxyl groups excluding tert-OH is 1. The van der Waals surface area contributed by atoms with Gasteiger partial charge in [-0.05, 0) is 24.6 Å². The van der Waals surface area contributed by atoms with Crippen LogP contribution in [-0.2, 0) is 0 Å². The monoisotopic (exact) mass is 316 g/mol. The van der Waals surface area contributed by atoms with E-state index in [-0.39, 0.29) is 0 Å². The van der Waals surface area contributed by atoms with Gasteiger partial charge < -0.3 is 5.11 Å². The van der Waals surface area contributed by atoms with Crippen LogP contribution in [0.25, 0.3) is 0 Å². The van der Waals surface area contributed by atoms with Crippen molar-refractivity contribution < 1.29 is 5.11 Å². The van der Waals surface area contributed by atoms with Crippen LogP contribution in [0.2, 0.25) is 0 Å². The summed E-state index contributed by atoms with van der Waals surface area (Å²) in [5.74, 6) is 0. The van der Waals surface area contributed by atoms with E-state index in [0.717, 1.165) is 19.3 Å². The largest absolute Gasteiger partial charge is 0.389 e. The van der Waals surface area contributed by atoms with Gasteiger partial charge in [-0.3, -0.25) is 0 Å². The molecule has 0 amide bonds.